The van der Waals surface area contributed by atoms with Crippen LogP contribution in [0.25, 0.3) is 0 Å². The molecule has 5 amide bonds. The number of ketones is 5. The normalized spacial score (nSPS) is 15.6. The summed E-state index contributed by atoms with van der Waals surface area (Å²) >= 11 is 3.40. The number of hydrogen-bond donors (Lipinski definition) is 10. The van der Waals surface area contributed by atoms with Crippen LogP contribution in [0.2, 0.25) is 0 Å². The topological polar surface area (TPSA) is 369 Å². The van der Waals surface area contributed by atoms with Gasteiger partial charge in [-0.3, -0.25) is 47.9 Å². The molecule has 2 aromatic carbocycles. The van der Waals surface area contributed by atoms with Gasteiger partial charge in [-0.15, -0.1) is 0 Å². The average Bonchev–Trinajstić information content (AvgIpc) is 3.42. The van der Waals surface area contributed by atoms with Crippen molar-refractivity contribution < 1.29 is 53.1 Å². The second kappa shape index (κ2) is 37.6. The largest absolute Gasteiger partial charge is 0.396 e. The highest BCUT2D eigenvalue weighted by molar-refractivity contribution is 9.10. The Bertz CT molecular complexity index is 2390. The molecule has 0 spiro atoms. The number of nitrogens with one attached hydrogen (secondary N) is 4. The number of carbonyl (C=O) groups is 10. The molecule has 458 valence electrons. The minimum Gasteiger partial charge on any atom is -0.396 e. The van der Waals surface area contributed by atoms with Crippen LogP contribution in [0.3, 0.4) is 0 Å². The summed E-state index contributed by atoms with van der Waals surface area (Å²) in [5.41, 5.74) is 31.2. The first-order valence-electron chi connectivity index (χ1n) is 29.1. The van der Waals surface area contributed by atoms with Gasteiger partial charge in [0, 0.05) is 60.2 Å². The van der Waals surface area contributed by atoms with Gasteiger partial charge in [0.15, 0.2) is 28.9 Å². The second-order valence-corrected chi connectivity index (χ2v) is 24.2. The van der Waals surface area contributed by atoms with E-state index in [1.54, 1.807) is 51.1 Å². The summed E-state index contributed by atoms with van der Waals surface area (Å²) in [4.78, 5) is 139. The SMILES string of the molecule is CC[C@H](C)[C@H](NC(=O)[C@H](CCN)CC(=O)C(N)Cc1ccc(Br)cc1)C(=O)C[C@@H](CCN)C(=O)N[C@H](Cc1ccccc1)C(=O)C[C@@H](CC(C)C)C(=O)N[C@@H](CCN)C(=O)C[C@@H](C(=O)N[C@@H](CC(C)C)C(=O)C[C@@H](CO)C(N)=O)C(C)C. The fraction of sp³-hybridized carbons (Fsp3) is 0.639. The van der Waals surface area contributed by atoms with Gasteiger partial charge in [0.05, 0.1) is 42.7 Å². The number of rotatable bonds is 42. The summed E-state index contributed by atoms with van der Waals surface area (Å²) in [6.07, 6.45) is -0.137. The van der Waals surface area contributed by atoms with E-state index in [0.29, 0.717) is 12.0 Å². The Hall–Kier alpha value is -5.58. The third-order valence-corrected chi connectivity index (χ3v) is 15.6. The van der Waals surface area contributed by atoms with Crippen LogP contribution in [0, 0.1) is 53.3 Å². The second-order valence-electron chi connectivity index (χ2n) is 23.2. The van der Waals surface area contributed by atoms with Gasteiger partial charge in [-0.05, 0) is 112 Å². The third-order valence-electron chi connectivity index (χ3n) is 15.1. The summed E-state index contributed by atoms with van der Waals surface area (Å²) in [5, 5.41) is 21.0. The smallest absolute Gasteiger partial charge is 0.224 e. The Morgan fingerprint density at radius 1 is 0.512 bits per heavy atom. The minimum atomic E-state index is -1.17. The van der Waals surface area contributed by atoms with Crippen LogP contribution in [0.15, 0.2) is 59.1 Å². The Labute approximate surface area is 494 Å². The maximum Gasteiger partial charge on any atom is 0.224 e. The Kier molecular flexibility index (Phi) is 33.2. The van der Waals surface area contributed by atoms with Crippen LogP contribution < -0.4 is 49.9 Å². The summed E-state index contributed by atoms with van der Waals surface area (Å²) < 4.78 is 0.875. The molecule has 0 saturated carbocycles. The number of hydrogen-bond acceptors (Lipinski definition) is 15. The summed E-state index contributed by atoms with van der Waals surface area (Å²) in [6.45, 7) is 14.1. The zero-order chi connectivity index (χ0) is 61.8. The summed E-state index contributed by atoms with van der Waals surface area (Å²) in [6, 6.07) is 11.1. The molecule has 2 rings (SSSR count). The maximum atomic E-state index is 14.7. The molecule has 20 nitrogen and oxygen atoms in total. The third kappa shape index (κ3) is 25.5. The van der Waals surface area contributed by atoms with Gasteiger partial charge in [0.1, 0.15) is 0 Å². The molecule has 15 N–H and O–H groups in total. The average molecular weight is 1210 g/mol. The number of aliphatic hydroxyl groups excluding tert-OH is 1. The highest BCUT2D eigenvalue weighted by Gasteiger charge is 2.37. The van der Waals surface area contributed by atoms with Crippen molar-refractivity contribution in [3.8, 4) is 0 Å². The molecule has 1 unspecified atom stereocenters. The molecule has 0 bridgehead atoms. The number of benzene rings is 2. The number of aliphatic hydroxyl groups is 1. The first-order valence-corrected chi connectivity index (χ1v) is 29.9. The summed E-state index contributed by atoms with van der Waals surface area (Å²) in [5.74, 6) is -11.4. The van der Waals surface area contributed by atoms with Gasteiger partial charge < -0.3 is 55.0 Å². The van der Waals surface area contributed by atoms with E-state index in [2.05, 4.69) is 37.2 Å². The number of carbonyl (C=O) groups excluding carboxylic acids is 10. The molecule has 0 aliphatic rings. The van der Waals surface area contributed by atoms with Crippen LogP contribution in [0.5, 0.6) is 0 Å². The maximum absolute atomic E-state index is 14.7. The minimum absolute atomic E-state index is 0.00860. The predicted octanol–water partition coefficient (Wildman–Crippen LogP) is 3.70. The number of primary amides is 1. The molecule has 0 aliphatic heterocycles. The van der Waals surface area contributed by atoms with Gasteiger partial charge in [-0.2, -0.15) is 0 Å². The lowest BCUT2D eigenvalue weighted by Gasteiger charge is -2.28. The quantitative estimate of drug-likeness (QED) is 0.0453. The van der Waals surface area contributed by atoms with E-state index in [0.717, 1.165) is 10.0 Å². The Balaban J connectivity index is 2.39. The van der Waals surface area contributed by atoms with E-state index >= 15 is 0 Å². The lowest BCUT2D eigenvalue weighted by atomic mass is 9.85. The van der Waals surface area contributed by atoms with E-state index in [-0.39, 0.29) is 120 Å². The molecule has 11 atom stereocenters. The first kappa shape index (κ1) is 72.5. The first-order chi connectivity index (χ1) is 38.7. The van der Waals surface area contributed by atoms with Crippen molar-refractivity contribution in [1.29, 1.82) is 0 Å². The molecular weight excluding hydrogens is 1110 g/mol. The molecule has 0 aromatic heterocycles. The van der Waals surface area contributed by atoms with Crippen LogP contribution in [-0.4, -0.2) is 120 Å². The number of nitrogens with two attached hydrogens (primary N) is 5. The van der Waals surface area contributed by atoms with Crippen LogP contribution >= 0.6 is 15.9 Å². The van der Waals surface area contributed by atoms with Gasteiger partial charge in [0.25, 0.3) is 0 Å². The molecule has 2 aromatic rings. The predicted molar refractivity (Wildman–Crippen MR) is 320 cm³/mol. The standard InChI is InChI=1S/C61H96BrN9O11/c1-9-38(8)56(71-59(80)41(19-22-63)29-51(73)47(66)27-40-15-17-45(62)18-16-40)55(77)30-42(20-23-64)58(79)69-50(28-39-13-11-10-12-14-39)52(74)31-43(25-35(2)3)60(81)68-48(21-24-65)54(76)33-46(37(6)7)61(82)70-49(26-36(4)5)53(75)32-44(34-72)57(67)78/h10-18,35-38,41-44,46-50,56,72H,9,19-34,63-66H2,1-8H3,(H2,67,78)(H,68,81)(H,69,79)(H,70,82)(H,71,80)/t38-,41+,42+,43+,44-,46+,47?,48-,49-,50+,56-/m0/s1. The van der Waals surface area contributed by atoms with Crippen molar-refractivity contribution in [1.82, 2.24) is 21.3 Å². The monoisotopic (exact) mass is 1210 g/mol. The van der Waals surface area contributed by atoms with Crippen molar-refractivity contribution in [2.45, 2.75) is 169 Å². The molecule has 21 heteroatoms. The van der Waals surface area contributed by atoms with E-state index in [1.807, 2.05) is 58.9 Å². The number of Topliss-reactive ketones (excluding diaryl/α,β-unsaturated/α-hetero) is 5. The highest BCUT2D eigenvalue weighted by atomic mass is 79.9. The van der Waals surface area contributed by atoms with Gasteiger partial charge >= 0.3 is 0 Å². The molecule has 82 heavy (non-hydrogen) atoms. The van der Waals surface area contributed by atoms with Crippen molar-refractivity contribution in [2.75, 3.05) is 26.2 Å². The summed E-state index contributed by atoms with van der Waals surface area (Å²) in [7, 11) is 0. The van der Waals surface area contributed by atoms with Crippen LogP contribution in [0.4, 0.5) is 0 Å². The van der Waals surface area contributed by atoms with Crippen LogP contribution in [-0.2, 0) is 60.8 Å². The fourth-order valence-corrected chi connectivity index (χ4v) is 10.2. The molecule has 0 saturated heterocycles. The molecule has 0 aliphatic carbocycles. The van der Waals surface area contributed by atoms with E-state index < -0.39 is 125 Å². The van der Waals surface area contributed by atoms with Gasteiger partial charge in [0.2, 0.25) is 29.5 Å². The Morgan fingerprint density at radius 3 is 1.49 bits per heavy atom. The number of halogens is 1. The van der Waals surface area contributed by atoms with E-state index in [1.165, 1.54) is 0 Å². The van der Waals surface area contributed by atoms with E-state index in [4.69, 9.17) is 28.7 Å². The lowest BCUT2D eigenvalue weighted by Crippen LogP contribution is -2.51. The lowest BCUT2D eigenvalue weighted by molar-refractivity contribution is -0.137. The van der Waals surface area contributed by atoms with Crippen LogP contribution in [0.1, 0.15) is 137 Å². The zero-order valence-electron chi connectivity index (χ0n) is 49.6. The number of amides is 5. The fourth-order valence-electron chi connectivity index (χ4n) is 9.90. The van der Waals surface area contributed by atoms with Crippen molar-refractivity contribution >= 4 is 74.4 Å². The van der Waals surface area contributed by atoms with Crippen molar-refractivity contribution in [2.24, 2.45) is 81.9 Å². The van der Waals surface area contributed by atoms with Crippen molar-refractivity contribution in [3.05, 3.63) is 70.2 Å². The van der Waals surface area contributed by atoms with E-state index in [9.17, 15) is 53.1 Å². The molecule has 0 radical (unpaired) electrons. The van der Waals surface area contributed by atoms with Gasteiger partial charge in [-0.1, -0.05) is 120 Å². The highest BCUT2D eigenvalue weighted by Crippen LogP contribution is 2.25. The molecule has 0 heterocycles. The molecule has 0 fully saturated rings. The van der Waals surface area contributed by atoms with Gasteiger partial charge in [-0.25, -0.2) is 0 Å². The molecular formula is C61H96BrN9O11. The zero-order valence-corrected chi connectivity index (χ0v) is 51.2. The Morgan fingerprint density at radius 2 is 0.976 bits per heavy atom. The van der Waals surface area contributed by atoms with Crippen molar-refractivity contribution in [3.63, 3.8) is 0 Å².